The highest BCUT2D eigenvalue weighted by atomic mass is 32.2. The molecule has 1 atom stereocenters. The van der Waals surface area contributed by atoms with Gasteiger partial charge in [0.15, 0.2) is 0 Å². The predicted octanol–water partition coefficient (Wildman–Crippen LogP) is 4.04. The maximum atomic E-state index is 10.1. The fourth-order valence-corrected chi connectivity index (χ4v) is 4.87. The van der Waals surface area contributed by atoms with Crippen LogP contribution in [0, 0.1) is 0 Å². The summed E-state index contributed by atoms with van der Waals surface area (Å²) in [5.41, 5.74) is 0. The van der Waals surface area contributed by atoms with Crippen molar-refractivity contribution in [2.24, 2.45) is 0 Å². The van der Waals surface area contributed by atoms with Crippen LogP contribution >= 0.6 is 0 Å². The number of rotatable bonds is 19. The van der Waals surface area contributed by atoms with E-state index in [-0.39, 0.29) is 30.2 Å². The molecule has 0 aliphatic heterocycles. The molecule has 0 heterocycles. The van der Waals surface area contributed by atoms with E-state index in [0.29, 0.717) is 0 Å². The van der Waals surface area contributed by atoms with Crippen LogP contribution in [0.4, 0.5) is 0 Å². The summed E-state index contributed by atoms with van der Waals surface area (Å²) in [7, 11) is -0.0207. The number of aliphatic hydroxyl groups is 3. The molecule has 146 valence electrons. The van der Waals surface area contributed by atoms with Gasteiger partial charge in [-0.25, -0.2) is 0 Å². The highest BCUT2D eigenvalue weighted by molar-refractivity contribution is 7.96. The molecule has 1 unspecified atom stereocenters. The lowest BCUT2D eigenvalue weighted by molar-refractivity contribution is 0.184. The van der Waals surface area contributed by atoms with Gasteiger partial charge in [0.25, 0.3) is 0 Å². The monoisotopic (exact) mass is 363 g/mol. The van der Waals surface area contributed by atoms with Crippen molar-refractivity contribution in [3.8, 4) is 0 Å². The summed E-state index contributed by atoms with van der Waals surface area (Å²) in [5.74, 6) is 2.19. The van der Waals surface area contributed by atoms with Gasteiger partial charge in [-0.2, -0.15) is 0 Å². The maximum absolute atomic E-state index is 10.1. The molecule has 0 radical (unpaired) electrons. The Morgan fingerprint density at radius 3 is 1.50 bits per heavy atom. The van der Waals surface area contributed by atoms with Crippen molar-refractivity contribution in [1.29, 1.82) is 0 Å². The summed E-state index contributed by atoms with van der Waals surface area (Å²) >= 11 is 0. The van der Waals surface area contributed by atoms with Crippen LogP contribution in [0.5, 0.6) is 0 Å². The zero-order valence-electron chi connectivity index (χ0n) is 16.1. The zero-order valence-corrected chi connectivity index (χ0v) is 16.9. The molecule has 0 aliphatic carbocycles. The normalized spacial score (nSPS) is 12.9. The Bertz CT molecular complexity index is 233. The average molecular weight is 364 g/mol. The van der Waals surface area contributed by atoms with Crippen molar-refractivity contribution in [3.05, 3.63) is 0 Å². The largest absolute Gasteiger partial charge is 0.391 e. The Morgan fingerprint density at radius 2 is 1.08 bits per heavy atom. The van der Waals surface area contributed by atoms with Crippen LogP contribution in [-0.4, -0.2) is 51.9 Å². The van der Waals surface area contributed by atoms with Gasteiger partial charge in [0, 0.05) is 0 Å². The number of aliphatic hydroxyl groups excluding tert-OH is 3. The molecular formula is C20H43O3S+. The van der Waals surface area contributed by atoms with Crippen molar-refractivity contribution in [3.63, 3.8) is 0 Å². The lowest BCUT2D eigenvalue weighted by Gasteiger charge is -2.12. The van der Waals surface area contributed by atoms with Crippen LogP contribution in [0.15, 0.2) is 0 Å². The van der Waals surface area contributed by atoms with Gasteiger partial charge < -0.3 is 15.3 Å². The van der Waals surface area contributed by atoms with Gasteiger partial charge in [0.2, 0.25) is 0 Å². The van der Waals surface area contributed by atoms with Crippen LogP contribution in [0.3, 0.4) is 0 Å². The average Bonchev–Trinajstić information content (AvgIpc) is 2.56. The molecular weight excluding hydrogens is 320 g/mol. The van der Waals surface area contributed by atoms with E-state index in [1.54, 1.807) is 0 Å². The van der Waals surface area contributed by atoms with Gasteiger partial charge >= 0.3 is 0 Å². The summed E-state index contributed by atoms with van der Waals surface area (Å²) in [5, 5.41) is 28.1. The molecule has 0 aliphatic rings. The Labute approximate surface area is 153 Å². The number of hydrogen-bond acceptors (Lipinski definition) is 3. The predicted molar refractivity (Wildman–Crippen MR) is 108 cm³/mol. The lowest BCUT2D eigenvalue weighted by atomic mass is 10.0. The highest BCUT2D eigenvalue weighted by Gasteiger charge is 2.21. The first-order valence-corrected chi connectivity index (χ1v) is 12.0. The molecule has 0 saturated carbocycles. The molecule has 0 fully saturated rings. The van der Waals surface area contributed by atoms with Crippen LogP contribution in [0.1, 0.15) is 90.4 Å². The summed E-state index contributed by atoms with van der Waals surface area (Å²) in [6, 6.07) is 0. The van der Waals surface area contributed by atoms with Gasteiger partial charge in [0.05, 0.1) is 19.3 Å². The third-order valence-electron chi connectivity index (χ3n) is 4.58. The molecule has 3 nitrogen and oxygen atoms in total. The van der Waals surface area contributed by atoms with Gasteiger partial charge in [-0.05, 0) is 17.3 Å². The first-order chi connectivity index (χ1) is 11.7. The Hall–Kier alpha value is 0.230. The molecule has 0 bridgehead atoms. The second-order valence-corrected chi connectivity index (χ2v) is 9.34. The molecule has 3 N–H and O–H groups in total. The Kier molecular flexibility index (Phi) is 19.7. The van der Waals surface area contributed by atoms with E-state index in [9.17, 15) is 5.11 Å². The van der Waals surface area contributed by atoms with Crippen molar-refractivity contribution < 1.29 is 15.3 Å². The minimum absolute atomic E-state index is 0.0207. The summed E-state index contributed by atoms with van der Waals surface area (Å²) in [6.45, 7) is 2.59. The topological polar surface area (TPSA) is 60.7 Å². The van der Waals surface area contributed by atoms with Gasteiger partial charge in [0.1, 0.15) is 17.3 Å². The van der Waals surface area contributed by atoms with E-state index in [1.165, 1.54) is 70.6 Å². The summed E-state index contributed by atoms with van der Waals surface area (Å²) < 4.78 is 0. The first kappa shape index (κ1) is 24.2. The SMILES string of the molecule is CCCCCCCCCCCCCCC(O)C[S+](CCO)CCO. The Balaban J connectivity index is 3.33. The first-order valence-electron chi connectivity index (χ1n) is 10.3. The van der Waals surface area contributed by atoms with E-state index in [1.807, 2.05) is 0 Å². The fourth-order valence-electron chi connectivity index (χ4n) is 3.10. The van der Waals surface area contributed by atoms with E-state index in [4.69, 9.17) is 10.2 Å². The number of unbranched alkanes of at least 4 members (excludes halogenated alkanes) is 11. The van der Waals surface area contributed by atoms with E-state index in [0.717, 1.165) is 30.1 Å². The lowest BCUT2D eigenvalue weighted by Crippen LogP contribution is -2.28. The zero-order chi connectivity index (χ0) is 17.9. The van der Waals surface area contributed by atoms with Crippen LogP contribution in [-0.2, 0) is 10.9 Å². The molecule has 0 saturated heterocycles. The molecule has 0 spiro atoms. The van der Waals surface area contributed by atoms with Crippen LogP contribution in [0.25, 0.3) is 0 Å². The molecule has 0 aromatic carbocycles. The third-order valence-corrected chi connectivity index (χ3v) is 6.95. The van der Waals surface area contributed by atoms with Crippen molar-refractivity contribution >= 4 is 10.9 Å². The summed E-state index contributed by atoms with van der Waals surface area (Å²) in [4.78, 5) is 0. The summed E-state index contributed by atoms with van der Waals surface area (Å²) in [6.07, 6.45) is 16.7. The van der Waals surface area contributed by atoms with E-state index in [2.05, 4.69) is 6.92 Å². The second kappa shape index (κ2) is 19.6. The molecule has 0 rings (SSSR count). The third kappa shape index (κ3) is 17.1. The Morgan fingerprint density at radius 1 is 0.667 bits per heavy atom. The maximum Gasteiger partial charge on any atom is 0.134 e. The van der Waals surface area contributed by atoms with E-state index >= 15 is 0 Å². The quantitative estimate of drug-likeness (QED) is 0.240. The number of hydrogen-bond donors (Lipinski definition) is 3. The molecule has 0 aromatic rings. The molecule has 0 amide bonds. The van der Waals surface area contributed by atoms with Gasteiger partial charge in [-0.3, -0.25) is 0 Å². The molecule has 4 heteroatoms. The standard InChI is InChI=1S/C20H43O3S/c1-2-3-4-5-6-7-8-9-10-11-12-13-14-20(23)19-24(17-15-21)18-16-22/h20-23H,2-19H2,1H3/q+1. The highest BCUT2D eigenvalue weighted by Crippen LogP contribution is 2.13. The fraction of sp³-hybridized carbons (Fsp3) is 1.00. The van der Waals surface area contributed by atoms with Crippen LogP contribution < -0.4 is 0 Å². The van der Waals surface area contributed by atoms with Crippen molar-refractivity contribution in [2.75, 3.05) is 30.5 Å². The van der Waals surface area contributed by atoms with E-state index < -0.39 is 0 Å². The minimum Gasteiger partial charge on any atom is -0.391 e. The minimum atomic E-state index is -0.255. The second-order valence-electron chi connectivity index (χ2n) is 6.97. The molecule has 24 heavy (non-hydrogen) atoms. The molecule has 0 aromatic heterocycles. The van der Waals surface area contributed by atoms with Crippen molar-refractivity contribution in [2.45, 2.75) is 96.5 Å². The van der Waals surface area contributed by atoms with Gasteiger partial charge in [-0.1, -0.05) is 84.0 Å². The van der Waals surface area contributed by atoms with Gasteiger partial charge in [-0.15, -0.1) is 0 Å². The van der Waals surface area contributed by atoms with Crippen molar-refractivity contribution in [1.82, 2.24) is 0 Å². The van der Waals surface area contributed by atoms with Crippen LogP contribution in [0.2, 0.25) is 0 Å². The smallest absolute Gasteiger partial charge is 0.134 e.